The molecule has 1 saturated carbocycles. The predicted molar refractivity (Wildman–Crippen MR) is 67.0 cm³/mol. The molecule has 0 radical (unpaired) electrons. The summed E-state index contributed by atoms with van der Waals surface area (Å²) in [5.41, 5.74) is -0.700. The van der Waals surface area contributed by atoms with Gasteiger partial charge in [0.05, 0.1) is 0 Å². The molecule has 0 heterocycles. The molecule has 0 aromatic carbocycles. The Morgan fingerprint density at radius 3 is 2.59 bits per heavy atom. The predicted octanol–water partition coefficient (Wildman–Crippen LogP) is 1.89. The van der Waals surface area contributed by atoms with Gasteiger partial charge in [0.15, 0.2) is 0 Å². The third-order valence-electron chi connectivity index (χ3n) is 3.78. The summed E-state index contributed by atoms with van der Waals surface area (Å²) in [6.07, 6.45) is 3.47. The average molecular weight is 243 g/mol. The van der Waals surface area contributed by atoms with Crippen LogP contribution in [0.2, 0.25) is 0 Å². The van der Waals surface area contributed by atoms with E-state index < -0.39 is 11.5 Å². The smallest absolute Gasteiger partial charge is 0.323 e. The fourth-order valence-corrected chi connectivity index (χ4v) is 2.43. The van der Waals surface area contributed by atoms with Gasteiger partial charge in [-0.2, -0.15) is 0 Å². The molecule has 100 valence electrons. The van der Waals surface area contributed by atoms with Crippen molar-refractivity contribution in [3.05, 3.63) is 0 Å². The van der Waals surface area contributed by atoms with Crippen molar-refractivity contribution in [2.24, 2.45) is 11.8 Å². The highest BCUT2D eigenvalue weighted by molar-refractivity contribution is 5.78. The molecule has 1 rings (SSSR count). The first kappa shape index (κ1) is 14.5. The fourth-order valence-electron chi connectivity index (χ4n) is 2.43. The van der Waals surface area contributed by atoms with Crippen LogP contribution in [0.25, 0.3) is 0 Å². The molecule has 1 fully saturated rings. The lowest BCUT2D eigenvalue weighted by molar-refractivity contribution is -0.147. The number of hydrogen-bond acceptors (Lipinski definition) is 3. The van der Waals surface area contributed by atoms with E-state index in [4.69, 9.17) is 4.74 Å². The summed E-state index contributed by atoms with van der Waals surface area (Å²) in [7, 11) is 1.67. The van der Waals surface area contributed by atoms with Crippen molar-refractivity contribution in [1.29, 1.82) is 0 Å². The minimum absolute atomic E-state index is 0.343. The van der Waals surface area contributed by atoms with Crippen LogP contribution in [0, 0.1) is 11.8 Å². The summed E-state index contributed by atoms with van der Waals surface area (Å²) in [5, 5.41) is 12.7. The second-order valence-electron chi connectivity index (χ2n) is 5.51. The van der Waals surface area contributed by atoms with E-state index >= 15 is 0 Å². The molecule has 0 bridgehead atoms. The maximum absolute atomic E-state index is 11.5. The van der Waals surface area contributed by atoms with Gasteiger partial charge in [-0.25, -0.2) is 0 Å². The summed E-state index contributed by atoms with van der Waals surface area (Å²) in [4.78, 5) is 11.5. The molecule has 0 aromatic heterocycles. The Balaban J connectivity index is 2.51. The first-order valence-corrected chi connectivity index (χ1v) is 6.47. The molecule has 0 spiro atoms. The topological polar surface area (TPSA) is 58.6 Å². The molecule has 1 aliphatic carbocycles. The number of hydrogen-bond donors (Lipinski definition) is 2. The summed E-state index contributed by atoms with van der Waals surface area (Å²) in [6.45, 7) is 5.63. The van der Waals surface area contributed by atoms with Crippen LogP contribution in [0.1, 0.15) is 39.5 Å². The van der Waals surface area contributed by atoms with Gasteiger partial charge in [0.25, 0.3) is 0 Å². The number of rotatable bonds is 6. The van der Waals surface area contributed by atoms with Gasteiger partial charge in [-0.15, -0.1) is 0 Å². The number of nitrogens with one attached hydrogen (secondary N) is 1. The Morgan fingerprint density at radius 2 is 2.12 bits per heavy atom. The van der Waals surface area contributed by atoms with Gasteiger partial charge in [0, 0.05) is 20.3 Å². The molecule has 1 unspecified atom stereocenters. The summed E-state index contributed by atoms with van der Waals surface area (Å²) in [5.74, 6) is 0.297. The first-order valence-electron chi connectivity index (χ1n) is 6.47. The van der Waals surface area contributed by atoms with Gasteiger partial charge in [-0.05, 0) is 37.5 Å². The lowest BCUT2D eigenvalue weighted by Gasteiger charge is -2.37. The van der Waals surface area contributed by atoms with Crippen molar-refractivity contribution < 1.29 is 14.6 Å². The minimum atomic E-state index is -0.700. The van der Waals surface area contributed by atoms with E-state index in [0.29, 0.717) is 25.0 Å². The zero-order chi connectivity index (χ0) is 12.9. The van der Waals surface area contributed by atoms with Crippen LogP contribution in [0.3, 0.4) is 0 Å². The Kier molecular flexibility index (Phi) is 5.40. The Morgan fingerprint density at radius 1 is 1.53 bits per heavy atom. The minimum Gasteiger partial charge on any atom is -0.480 e. The molecule has 0 aliphatic heterocycles. The van der Waals surface area contributed by atoms with Crippen LogP contribution in [-0.2, 0) is 9.53 Å². The fraction of sp³-hybridized carbons (Fsp3) is 0.923. The van der Waals surface area contributed by atoms with Crippen molar-refractivity contribution >= 4 is 5.97 Å². The van der Waals surface area contributed by atoms with Crippen LogP contribution in [0.4, 0.5) is 0 Å². The number of ether oxygens (including phenoxy) is 1. The number of carboxylic acid groups (broad SMARTS) is 1. The van der Waals surface area contributed by atoms with Crippen LogP contribution in [0.15, 0.2) is 0 Å². The van der Waals surface area contributed by atoms with Crippen molar-refractivity contribution in [2.75, 3.05) is 20.3 Å². The molecule has 4 heteroatoms. The maximum atomic E-state index is 11.5. The summed E-state index contributed by atoms with van der Waals surface area (Å²) in [6, 6.07) is 0. The van der Waals surface area contributed by atoms with Crippen LogP contribution in [0.5, 0.6) is 0 Å². The molecule has 0 saturated heterocycles. The van der Waals surface area contributed by atoms with Crippen LogP contribution < -0.4 is 5.32 Å². The van der Waals surface area contributed by atoms with E-state index in [9.17, 15) is 9.90 Å². The summed E-state index contributed by atoms with van der Waals surface area (Å²) < 4.78 is 5.07. The quantitative estimate of drug-likeness (QED) is 0.748. The highest BCUT2D eigenvalue weighted by atomic mass is 16.5. The Hall–Kier alpha value is -0.610. The van der Waals surface area contributed by atoms with Crippen molar-refractivity contribution in [2.45, 2.75) is 45.1 Å². The molecule has 1 atom stereocenters. The van der Waals surface area contributed by atoms with Gasteiger partial charge in [0.2, 0.25) is 0 Å². The molecule has 2 N–H and O–H groups in total. The van der Waals surface area contributed by atoms with Gasteiger partial charge in [0.1, 0.15) is 5.54 Å². The van der Waals surface area contributed by atoms with Crippen LogP contribution in [-0.4, -0.2) is 36.9 Å². The third kappa shape index (κ3) is 3.96. The van der Waals surface area contributed by atoms with Gasteiger partial charge >= 0.3 is 5.97 Å². The average Bonchev–Trinajstić information content (AvgIpc) is 2.29. The number of carbonyl (C=O) groups is 1. The van der Waals surface area contributed by atoms with Crippen LogP contribution >= 0.6 is 0 Å². The molecular formula is C13H25NO3. The zero-order valence-corrected chi connectivity index (χ0v) is 11.2. The zero-order valence-electron chi connectivity index (χ0n) is 11.2. The standard InChI is InChI=1S/C13H25NO3/c1-10-4-6-13(7-5-10,12(15)16)14-8-11(2)9-17-3/h10-11,14H,4-9H2,1-3H3,(H,15,16). The lowest BCUT2D eigenvalue weighted by atomic mass is 9.77. The van der Waals surface area contributed by atoms with E-state index in [-0.39, 0.29) is 0 Å². The molecule has 0 aromatic rings. The van der Waals surface area contributed by atoms with E-state index in [1.54, 1.807) is 7.11 Å². The monoisotopic (exact) mass is 243 g/mol. The van der Waals surface area contributed by atoms with Crippen molar-refractivity contribution in [1.82, 2.24) is 5.32 Å². The molecular weight excluding hydrogens is 218 g/mol. The normalized spacial score (nSPS) is 31.1. The molecule has 1 aliphatic rings. The second kappa shape index (κ2) is 6.36. The van der Waals surface area contributed by atoms with Gasteiger partial charge < -0.3 is 15.2 Å². The Labute approximate surface area is 104 Å². The van der Waals surface area contributed by atoms with E-state index in [1.807, 2.05) is 0 Å². The van der Waals surface area contributed by atoms with E-state index in [1.165, 1.54) is 0 Å². The first-order chi connectivity index (χ1) is 8.00. The van der Waals surface area contributed by atoms with Gasteiger partial charge in [-0.1, -0.05) is 13.8 Å². The number of methoxy groups -OCH3 is 1. The van der Waals surface area contributed by atoms with Gasteiger partial charge in [-0.3, -0.25) is 4.79 Å². The maximum Gasteiger partial charge on any atom is 0.323 e. The second-order valence-corrected chi connectivity index (χ2v) is 5.51. The SMILES string of the molecule is COCC(C)CNC1(C(=O)O)CCC(C)CC1. The number of carboxylic acids is 1. The van der Waals surface area contributed by atoms with E-state index in [0.717, 1.165) is 25.7 Å². The Bertz CT molecular complexity index is 247. The van der Waals surface area contributed by atoms with E-state index in [2.05, 4.69) is 19.2 Å². The highest BCUT2D eigenvalue weighted by Crippen LogP contribution is 2.32. The summed E-state index contributed by atoms with van der Waals surface area (Å²) >= 11 is 0. The van der Waals surface area contributed by atoms with Crippen molar-refractivity contribution in [3.8, 4) is 0 Å². The third-order valence-corrected chi connectivity index (χ3v) is 3.78. The van der Waals surface area contributed by atoms with Crippen molar-refractivity contribution in [3.63, 3.8) is 0 Å². The largest absolute Gasteiger partial charge is 0.480 e. The molecule has 0 amide bonds. The highest BCUT2D eigenvalue weighted by Gasteiger charge is 2.40. The molecule has 4 nitrogen and oxygen atoms in total. The number of aliphatic carboxylic acids is 1. The molecule has 17 heavy (non-hydrogen) atoms. The lowest BCUT2D eigenvalue weighted by Crippen LogP contribution is -2.55.